The van der Waals surface area contributed by atoms with E-state index in [4.69, 9.17) is 22.0 Å². The Kier molecular flexibility index (Phi) is 1.81. The molecule has 1 rings (SSSR count). The number of rotatable bonds is 0. The maximum Gasteiger partial charge on any atom is 0.143 e. The lowest BCUT2D eigenvalue weighted by molar-refractivity contribution is 1.29. The minimum atomic E-state index is 0.0500. The molecule has 0 aliphatic carbocycles. The van der Waals surface area contributed by atoms with Crippen LogP contribution in [0.1, 0.15) is 11.1 Å². The first-order chi connectivity index (χ1) is 5.69. The predicted octanol–water partition coefficient (Wildman–Crippen LogP) is -0.0106. The summed E-state index contributed by atoms with van der Waals surface area (Å²) in [6.07, 6.45) is 0. The molecule has 0 spiro atoms. The fourth-order valence-corrected chi connectivity index (χ4v) is 0.722. The summed E-state index contributed by atoms with van der Waals surface area (Å²) in [6.45, 7) is 0. The average molecular weight is 159 g/mol. The first-order valence-electron chi connectivity index (χ1n) is 3.05. The van der Waals surface area contributed by atoms with Gasteiger partial charge in [-0.25, -0.2) is 4.98 Å². The molecule has 5 heteroatoms. The van der Waals surface area contributed by atoms with Gasteiger partial charge >= 0.3 is 0 Å². The number of nitrogens with two attached hydrogens (primary N) is 2. The molecule has 1 aromatic heterocycles. The van der Waals surface area contributed by atoms with Gasteiger partial charge in [0.15, 0.2) is 0 Å². The van der Waals surface area contributed by atoms with Crippen LogP contribution in [0.5, 0.6) is 0 Å². The van der Waals surface area contributed by atoms with E-state index in [9.17, 15) is 0 Å². The van der Waals surface area contributed by atoms with Crippen LogP contribution in [0.15, 0.2) is 6.07 Å². The van der Waals surface area contributed by atoms with E-state index >= 15 is 0 Å². The number of nitrogens with zero attached hydrogens (tertiary/aromatic N) is 3. The van der Waals surface area contributed by atoms with E-state index in [0.717, 1.165) is 0 Å². The van der Waals surface area contributed by atoms with Crippen molar-refractivity contribution >= 4 is 11.6 Å². The Morgan fingerprint density at radius 3 is 1.83 bits per heavy atom. The van der Waals surface area contributed by atoms with Crippen LogP contribution < -0.4 is 11.5 Å². The van der Waals surface area contributed by atoms with Crippen LogP contribution in [0.3, 0.4) is 0 Å². The van der Waals surface area contributed by atoms with E-state index in [1.54, 1.807) is 12.1 Å². The quantitative estimate of drug-likeness (QED) is 0.552. The monoisotopic (exact) mass is 159 g/mol. The van der Waals surface area contributed by atoms with E-state index in [1.807, 2.05) is 0 Å². The number of anilines is 2. The van der Waals surface area contributed by atoms with Gasteiger partial charge in [-0.3, -0.25) is 0 Å². The van der Waals surface area contributed by atoms with Gasteiger partial charge in [-0.1, -0.05) is 0 Å². The minimum Gasteiger partial charge on any atom is -0.383 e. The van der Waals surface area contributed by atoms with Crippen molar-refractivity contribution in [2.75, 3.05) is 11.5 Å². The second-order valence-electron chi connectivity index (χ2n) is 2.08. The Bertz CT molecular complexity index is 360. The Hall–Kier alpha value is -2.27. The molecule has 0 amide bonds. The van der Waals surface area contributed by atoms with E-state index in [0.29, 0.717) is 0 Å². The van der Waals surface area contributed by atoms with Gasteiger partial charge in [0, 0.05) is 0 Å². The summed E-state index contributed by atoms with van der Waals surface area (Å²) in [4.78, 5) is 3.63. The molecule has 0 saturated carbocycles. The third-order valence-electron chi connectivity index (χ3n) is 1.32. The highest BCUT2D eigenvalue weighted by Gasteiger charge is 2.05. The van der Waals surface area contributed by atoms with Crippen molar-refractivity contribution in [2.24, 2.45) is 0 Å². The molecule has 0 fully saturated rings. The minimum absolute atomic E-state index is 0.0500. The van der Waals surface area contributed by atoms with E-state index < -0.39 is 0 Å². The van der Waals surface area contributed by atoms with Gasteiger partial charge in [0.05, 0.1) is 11.1 Å². The van der Waals surface area contributed by atoms with Crippen molar-refractivity contribution in [2.45, 2.75) is 0 Å². The second-order valence-corrected chi connectivity index (χ2v) is 2.08. The van der Waals surface area contributed by atoms with Gasteiger partial charge in [-0.2, -0.15) is 10.5 Å². The van der Waals surface area contributed by atoms with Crippen LogP contribution >= 0.6 is 0 Å². The molecule has 12 heavy (non-hydrogen) atoms. The molecule has 0 aliphatic heterocycles. The van der Waals surface area contributed by atoms with Crippen LogP contribution in [0.2, 0.25) is 0 Å². The van der Waals surface area contributed by atoms with Crippen molar-refractivity contribution in [3.8, 4) is 12.1 Å². The Balaban J connectivity index is 3.42. The number of nitriles is 2. The lowest BCUT2D eigenvalue weighted by atomic mass is 10.2. The molecule has 0 aliphatic rings. The van der Waals surface area contributed by atoms with Crippen molar-refractivity contribution < 1.29 is 0 Å². The Morgan fingerprint density at radius 2 is 1.50 bits per heavy atom. The zero-order valence-corrected chi connectivity index (χ0v) is 6.07. The molecule has 0 aromatic carbocycles. The van der Waals surface area contributed by atoms with Crippen molar-refractivity contribution in [1.82, 2.24) is 4.98 Å². The van der Waals surface area contributed by atoms with E-state index in [2.05, 4.69) is 4.98 Å². The van der Waals surface area contributed by atoms with Crippen molar-refractivity contribution in [3.63, 3.8) is 0 Å². The maximum atomic E-state index is 8.51. The summed E-state index contributed by atoms with van der Waals surface area (Å²) in [7, 11) is 0. The number of nitrogen functional groups attached to an aromatic ring is 2. The Morgan fingerprint density at radius 1 is 1.08 bits per heavy atom. The molecule has 1 aromatic rings. The van der Waals surface area contributed by atoms with Crippen LogP contribution in [0, 0.1) is 22.7 Å². The van der Waals surface area contributed by atoms with Gasteiger partial charge in [-0.05, 0) is 6.07 Å². The lowest BCUT2D eigenvalue weighted by Gasteiger charge is -1.99. The second kappa shape index (κ2) is 2.77. The number of aromatic nitrogens is 1. The first kappa shape index (κ1) is 7.83. The summed E-state index contributed by atoms with van der Waals surface area (Å²) in [6, 6.07) is 4.92. The molecule has 0 saturated heterocycles. The third kappa shape index (κ3) is 1.11. The summed E-state index contributed by atoms with van der Waals surface area (Å²) in [5, 5.41) is 17.0. The molecule has 0 atom stereocenters. The molecule has 58 valence electrons. The van der Waals surface area contributed by atoms with Crippen LogP contribution in [-0.4, -0.2) is 4.98 Å². The maximum absolute atomic E-state index is 8.51. The molecule has 0 bridgehead atoms. The highest BCUT2D eigenvalue weighted by Crippen LogP contribution is 2.14. The zero-order valence-electron chi connectivity index (χ0n) is 6.07. The van der Waals surface area contributed by atoms with Crippen LogP contribution in [-0.2, 0) is 0 Å². The molecule has 0 radical (unpaired) electrons. The summed E-state index contributed by atoms with van der Waals surface area (Å²) >= 11 is 0. The number of hydrogen-bond acceptors (Lipinski definition) is 5. The number of hydrogen-bond donors (Lipinski definition) is 2. The predicted molar refractivity (Wildman–Crippen MR) is 42.5 cm³/mol. The van der Waals surface area contributed by atoms with Gasteiger partial charge < -0.3 is 11.5 Å². The Labute approximate surface area is 68.8 Å². The molecule has 4 N–H and O–H groups in total. The fraction of sp³-hybridized carbons (Fsp3) is 0. The molecular formula is C7H5N5. The van der Waals surface area contributed by atoms with Crippen molar-refractivity contribution in [3.05, 3.63) is 17.2 Å². The van der Waals surface area contributed by atoms with Crippen molar-refractivity contribution in [1.29, 1.82) is 10.5 Å². The smallest absolute Gasteiger partial charge is 0.143 e. The van der Waals surface area contributed by atoms with Gasteiger partial charge in [-0.15, -0.1) is 0 Å². The zero-order chi connectivity index (χ0) is 9.14. The topological polar surface area (TPSA) is 113 Å². The molecule has 5 nitrogen and oxygen atoms in total. The van der Waals surface area contributed by atoms with Gasteiger partial charge in [0.2, 0.25) is 0 Å². The summed E-state index contributed by atoms with van der Waals surface area (Å²) in [5.41, 5.74) is 11.0. The van der Waals surface area contributed by atoms with Gasteiger partial charge in [0.25, 0.3) is 0 Å². The molecule has 0 unspecified atom stereocenters. The highest BCUT2D eigenvalue weighted by molar-refractivity contribution is 5.60. The average Bonchev–Trinajstić information content (AvgIpc) is 2.05. The number of pyridine rings is 1. The fourth-order valence-electron chi connectivity index (χ4n) is 0.722. The normalized spacial score (nSPS) is 8.50. The summed E-state index contributed by atoms with van der Waals surface area (Å²) < 4.78 is 0. The SMILES string of the molecule is N#Cc1cc(C#N)c(N)nc1N. The molecular weight excluding hydrogens is 154 g/mol. The van der Waals surface area contributed by atoms with Gasteiger partial charge in [0.1, 0.15) is 23.8 Å². The van der Waals surface area contributed by atoms with E-state index in [-0.39, 0.29) is 22.8 Å². The third-order valence-corrected chi connectivity index (χ3v) is 1.32. The van der Waals surface area contributed by atoms with Crippen LogP contribution in [0.4, 0.5) is 11.6 Å². The largest absolute Gasteiger partial charge is 0.383 e. The standard InChI is InChI=1S/C7H5N5/c8-2-4-1-5(3-9)7(11)12-6(4)10/h1H,(H4,10,11,12). The highest BCUT2D eigenvalue weighted by atomic mass is 14.9. The molecule has 1 heterocycles. The van der Waals surface area contributed by atoms with Crippen LogP contribution in [0.25, 0.3) is 0 Å². The summed E-state index contributed by atoms with van der Waals surface area (Å²) in [5.74, 6) is 0.100. The lowest BCUT2D eigenvalue weighted by Crippen LogP contribution is -2.01. The first-order valence-corrected chi connectivity index (χ1v) is 3.05. The van der Waals surface area contributed by atoms with E-state index in [1.165, 1.54) is 6.07 Å².